The lowest BCUT2D eigenvalue weighted by atomic mass is 9.98. The molecule has 0 aliphatic rings. The quantitative estimate of drug-likeness (QED) is 0.632. The number of halogens is 1. The van der Waals surface area contributed by atoms with Crippen molar-refractivity contribution < 1.29 is 9.21 Å². The fraction of sp³-hybridized carbons (Fsp3) is 0. The van der Waals surface area contributed by atoms with Gasteiger partial charge in [0.05, 0.1) is 10.9 Å². The molecule has 0 spiro atoms. The molecule has 0 fully saturated rings. The molecule has 110 valence electrons. The molecule has 0 saturated carbocycles. The molecule has 0 aliphatic carbocycles. The second kappa shape index (κ2) is 5.41. The number of primary amides is 1. The fourth-order valence-corrected chi connectivity index (χ4v) is 3.08. The molecule has 3 N–H and O–H groups in total. The lowest BCUT2D eigenvalue weighted by Crippen LogP contribution is -2.15. The van der Waals surface area contributed by atoms with Crippen molar-refractivity contribution in [2.24, 2.45) is 5.73 Å². The summed E-state index contributed by atoms with van der Waals surface area (Å²) < 4.78 is 5.35. The summed E-state index contributed by atoms with van der Waals surface area (Å²) in [6.45, 7) is 0. The molecule has 6 nitrogen and oxygen atoms in total. The van der Waals surface area contributed by atoms with E-state index in [1.807, 2.05) is 6.07 Å². The van der Waals surface area contributed by atoms with Crippen molar-refractivity contribution in [3.63, 3.8) is 0 Å². The first-order valence-corrected chi connectivity index (χ1v) is 7.31. The van der Waals surface area contributed by atoms with Gasteiger partial charge in [0.15, 0.2) is 0 Å². The fourth-order valence-electron chi connectivity index (χ4n) is 2.28. The highest BCUT2D eigenvalue weighted by Gasteiger charge is 2.14. The van der Waals surface area contributed by atoms with Crippen LogP contribution in [-0.4, -0.2) is 10.9 Å². The summed E-state index contributed by atoms with van der Waals surface area (Å²) in [5.74, 6) is -1.36. The first kappa shape index (κ1) is 14.5. The number of hydrogen-bond donors (Lipinski definition) is 2. The van der Waals surface area contributed by atoms with Gasteiger partial charge in [-0.15, -0.1) is 0 Å². The maximum absolute atomic E-state index is 11.8. The second-order valence-electron chi connectivity index (χ2n) is 4.59. The summed E-state index contributed by atoms with van der Waals surface area (Å²) in [6.07, 6.45) is 0. The standard InChI is InChI=1S/C15H9IN2O4/c16-10-3-1-2-8(13(17)19)12(10)7-4-5-11-9(6-7)14(20)22-15(21)18-11/h1-6H,(H2,17,19)(H,18,21). The zero-order chi connectivity index (χ0) is 15.9. The van der Waals surface area contributed by atoms with Gasteiger partial charge in [-0.3, -0.25) is 9.78 Å². The average molecular weight is 408 g/mol. The molecule has 0 unspecified atom stereocenters. The van der Waals surface area contributed by atoms with E-state index >= 15 is 0 Å². The van der Waals surface area contributed by atoms with Crippen LogP contribution in [0, 0.1) is 3.57 Å². The van der Waals surface area contributed by atoms with E-state index in [9.17, 15) is 14.4 Å². The maximum Gasteiger partial charge on any atom is 0.419 e. The number of amides is 1. The molecule has 1 amide bonds. The molecule has 1 heterocycles. The Labute approximate surface area is 137 Å². The van der Waals surface area contributed by atoms with Gasteiger partial charge < -0.3 is 10.2 Å². The van der Waals surface area contributed by atoms with Crippen LogP contribution in [0.2, 0.25) is 0 Å². The minimum Gasteiger partial charge on any atom is -0.372 e. The van der Waals surface area contributed by atoms with Gasteiger partial charge in [0.25, 0.3) is 0 Å². The normalized spacial score (nSPS) is 10.8. The summed E-state index contributed by atoms with van der Waals surface area (Å²) >= 11 is 2.09. The highest BCUT2D eigenvalue weighted by Crippen LogP contribution is 2.30. The van der Waals surface area contributed by atoms with E-state index in [1.165, 1.54) is 0 Å². The number of aromatic amines is 1. The van der Waals surface area contributed by atoms with Crippen molar-refractivity contribution in [3.05, 3.63) is 66.5 Å². The second-order valence-corrected chi connectivity index (χ2v) is 5.75. The number of rotatable bonds is 2. The molecule has 1 aromatic heterocycles. The molecule has 2 aromatic carbocycles. The Morgan fingerprint density at radius 1 is 1.18 bits per heavy atom. The Balaban J connectivity index is 2.35. The number of H-pyrrole nitrogens is 1. The zero-order valence-corrected chi connectivity index (χ0v) is 13.2. The van der Waals surface area contributed by atoms with E-state index in [-0.39, 0.29) is 5.39 Å². The number of nitrogens with two attached hydrogens (primary N) is 1. The number of hydrogen-bond acceptors (Lipinski definition) is 4. The van der Waals surface area contributed by atoms with Crippen LogP contribution in [0.25, 0.3) is 22.0 Å². The highest BCUT2D eigenvalue weighted by atomic mass is 127. The number of nitrogens with one attached hydrogen (secondary N) is 1. The van der Waals surface area contributed by atoms with Gasteiger partial charge in [0.2, 0.25) is 5.91 Å². The third kappa shape index (κ3) is 2.43. The van der Waals surface area contributed by atoms with Crippen LogP contribution in [0.4, 0.5) is 0 Å². The van der Waals surface area contributed by atoms with E-state index in [2.05, 4.69) is 32.0 Å². The zero-order valence-electron chi connectivity index (χ0n) is 11.1. The van der Waals surface area contributed by atoms with Gasteiger partial charge in [-0.2, -0.15) is 0 Å². The lowest BCUT2D eigenvalue weighted by molar-refractivity contribution is 0.100. The smallest absolute Gasteiger partial charge is 0.372 e. The van der Waals surface area contributed by atoms with Crippen LogP contribution in [-0.2, 0) is 0 Å². The van der Waals surface area contributed by atoms with Gasteiger partial charge in [-0.25, -0.2) is 9.59 Å². The Kier molecular flexibility index (Phi) is 3.57. The lowest BCUT2D eigenvalue weighted by Gasteiger charge is -2.10. The van der Waals surface area contributed by atoms with Crippen molar-refractivity contribution in [1.82, 2.24) is 4.98 Å². The number of fused-ring (bicyclic) bond motifs is 1. The molecule has 3 rings (SSSR count). The van der Waals surface area contributed by atoms with Gasteiger partial charge in [-0.05, 0) is 52.4 Å². The minimum absolute atomic E-state index is 0.229. The third-order valence-corrected chi connectivity index (χ3v) is 4.13. The van der Waals surface area contributed by atoms with E-state index in [1.54, 1.807) is 30.3 Å². The molecule has 0 radical (unpaired) electrons. The van der Waals surface area contributed by atoms with Gasteiger partial charge in [0, 0.05) is 14.7 Å². The molecular formula is C15H9IN2O4. The van der Waals surface area contributed by atoms with Crippen LogP contribution in [0.3, 0.4) is 0 Å². The SMILES string of the molecule is NC(=O)c1cccc(I)c1-c1ccc2[nH]c(=O)oc(=O)c2c1. The Hall–Kier alpha value is -2.42. The van der Waals surface area contributed by atoms with Crippen molar-refractivity contribution in [2.75, 3.05) is 0 Å². The van der Waals surface area contributed by atoms with Crippen LogP contribution in [0.5, 0.6) is 0 Å². The highest BCUT2D eigenvalue weighted by molar-refractivity contribution is 14.1. The molecule has 0 bridgehead atoms. The molecule has 0 saturated heterocycles. The predicted molar refractivity (Wildman–Crippen MR) is 89.8 cm³/mol. The Bertz CT molecular complexity index is 1020. The Morgan fingerprint density at radius 2 is 1.95 bits per heavy atom. The number of aromatic nitrogens is 1. The third-order valence-electron chi connectivity index (χ3n) is 3.23. The van der Waals surface area contributed by atoms with E-state index in [0.29, 0.717) is 22.2 Å². The summed E-state index contributed by atoms with van der Waals surface area (Å²) in [4.78, 5) is 37.0. The maximum atomic E-state index is 11.8. The molecule has 0 aliphatic heterocycles. The van der Waals surface area contributed by atoms with Crippen LogP contribution >= 0.6 is 22.6 Å². The van der Waals surface area contributed by atoms with E-state index < -0.39 is 17.3 Å². The molecule has 3 aromatic rings. The van der Waals surface area contributed by atoms with E-state index in [0.717, 1.165) is 3.57 Å². The average Bonchev–Trinajstić information content (AvgIpc) is 2.46. The number of carbonyl (C=O) groups excluding carboxylic acids is 1. The van der Waals surface area contributed by atoms with Crippen LogP contribution < -0.4 is 17.1 Å². The van der Waals surface area contributed by atoms with Crippen LogP contribution in [0.15, 0.2) is 50.4 Å². The first-order valence-electron chi connectivity index (χ1n) is 6.23. The number of benzene rings is 2. The van der Waals surface area contributed by atoms with Gasteiger partial charge >= 0.3 is 11.4 Å². The summed E-state index contributed by atoms with van der Waals surface area (Å²) in [6, 6.07) is 10.1. The summed E-state index contributed by atoms with van der Waals surface area (Å²) in [5.41, 5.74) is 6.70. The molecule has 0 atom stereocenters. The van der Waals surface area contributed by atoms with Crippen molar-refractivity contribution >= 4 is 39.4 Å². The van der Waals surface area contributed by atoms with Gasteiger partial charge in [-0.1, -0.05) is 12.1 Å². The van der Waals surface area contributed by atoms with Crippen molar-refractivity contribution in [1.29, 1.82) is 0 Å². The van der Waals surface area contributed by atoms with Gasteiger partial charge in [0.1, 0.15) is 0 Å². The van der Waals surface area contributed by atoms with Crippen LogP contribution in [0.1, 0.15) is 10.4 Å². The Morgan fingerprint density at radius 3 is 2.68 bits per heavy atom. The number of carbonyl (C=O) groups is 1. The van der Waals surface area contributed by atoms with Crippen molar-refractivity contribution in [3.8, 4) is 11.1 Å². The first-order chi connectivity index (χ1) is 10.5. The largest absolute Gasteiger partial charge is 0.419 e. The van der Waals surface area contributed by atoms with E-state index in [4.69, 9.17) is 5.73 Å². The molecular weight excluding hydrogens is 399 g/mol. The monoisotopic (exact) mass is 408 g/mol. The van der Waals surface area contributed by atoms with Crippen molar-refractivity contribution in [2.45, 2.75) is 0 Å². The minimum atomic E-state index is -0.808. The summed E-state index contributed by atoms with van der Waals surface area (Å²) in [5, 5.41) is 0.229. The topological polar surface area (TPSA) is 106 Å². The predicted octanol–water partition coefficient (Wildman–Crippen LogP) is 1.85. The summed E-state index contributed by atoms with van der Waals surface area (Å²) in [7, 11) is 0. The molecule has 22 heavy (non-hydrogen) atoms. The molecule has 7 heteroatoms.